The highest BCUT2D eigenvalue weighted by Gasteiger charge is 2.39. The van der Waals surface area contributed by atoms with E-state index in [0.29, 0.717) is 24.3 Å². The minimum Gasteiger partial charge on any atom is -0.356 e. The van der Waals surface area contributed by atoms with Crippen molar-refractivity contribution in [3.63, 3.8) is 0 Å². The summed E-state index contributed by atoms with van der Waals surface area (Å²) in [6, 6.07) is 24.6. The van der Waals surface area contributed by atoms with E-state index in [1.165, 1.54) is 10.5 Å². The molecule has 7 nitrogen and oxygen atoms in total. The van der Waals surface area contributed by atoms with Crippen LogP contribution < -0.4 is 20.9 Å². The Bertz CT molecular complexity index is 1510. The van der Waals surface area contributed by atoms with Gasteiger partial charge in [0.25, 0.3) is 11.8 Å². The fourth-order valence-corrected chi connectivity index (χ4v) is 5.55. The molecule has 0 aromatic heterocycles. The molecular formula is C40H52N4O3S. The summed E-state index contributed by atoms with van der Waals surface area (Å²) >= 11 is 1.71. The van der Waals surface area contributed by atoms with Gasteiger partial charge in [-0.1, -0.05) is 97.0 Å². The lowest BCUT2D eigenvalue weighted by atomic mass is 9.83. The molecule has 256 valence electrons. The van der Waals surface area contributed by atoms with Gasteiger partial charge in [0.05, 0.1) is 0 Å². The van der Waals surface area contributed by atoms with E-state index in [0.717, 1.165) is 24.4 Å². The molecule has 0 atom stereocenters. The second kappa shape index (κ2) is 20.6. The van der Waals surface area contributed by atoms with Crippen LogP contribution in [0.5, 0.6) is 0 Å². The van der Waals surface area contributed by atoms with Gasteiger partial charge in [-0.3, -0.25) is 14.4 Å². The average molecular weight is 669 g/mol. The number of allylic oxidation sites excluding steroid dienone is 5. The Morgan fingerprint density at radius 2 is 1.38 bits per heavy atom. The summed E-state index contributed by atoms with van der Waals surface area (Å²) in [5, 5.41) is 8.60. The maximum Gasteiger partial charge on any atom is 0.261 e. The highest BCUT2D eigenvalue weighted by molar-refractivity contribution is 7.98. The van der Waals surface area contributed by atoms with Crippen molar-refractivity contribution in [2.45, 2.75) is 71.6 Å². The zero-order valence-corrected chi connectivity index (χ0v) is 30.5. The summed E-state index contributed by atoms with van der Waals surface area (Å²) in [5.41, 5.74) is 4.39. The molecule has 1 aliphatic heterocycles. The van der Waals surface area contributed by atoms with Crippen LogP contribution in [-0.4, -0.2) is 37.1 Å². The van der Waals surface area contributed by atoms with E-state index < -0.39 is 11.8 Å². The van der Waals surface area contributed by atoms with E-state index in [1.54, 1.807) is 48.2 Å². The van der Waals surface area contributed by atoms with Gasteiger partial charge in [0.2, 0.25) is 5.91 Å². The van der Waals surface area contributed by atoms with Gasteiger partial charge in [-0.2, -0.15) is 0 Å². The second-order valence-corrected chi connectivity index (χ2v) is 11.8. The predicted molar refractivity (Wildman–Crippen MR) is 205 cm³/mol. The molecule has 0 unspecified atom stereocenters. The quantitative estimate of drug-likeness (QED) is 0.0447. The number of carbonyl (C=O) groups excluding carboxylic acids is 3. The number of para-hydroxylation sites is 2. The average Bonchev–Trinajstić information content (AvgIpc) is 3.33. The van der Waals surface area contributed by atoms with E-state index >= 15 is 0 Å². The van der Waals surface area contributed by atoms with Gasteiger partial charge in [0.1, 0.15) is 5.57 Å². The van der Waals surface area contributed by atoms with Crippen LogP contribution in [0.2, 0.25) is 0 Å². The lowest BCUT2D eigenvalue weighted by Crippen LogP contribution is -2.30. The molecule has 0 fully saturated rings. The first-order valence-electron chi connectivity index (χ1n) is 16.8. The highest BCUT2D eigenvalue weighted by atomic mass is 32.2. The van der Waals surface area contributed by atoms with E-state index in [4.69, 9.17) is 0 Å². The van der Waals surface area contributed by atoms with Gasteiger partial charge in [0.15, 0.2) is 0 Å². The minimum absolute atomic E-state index is 0.0190. The summed E-state index contributed by atoms with van der Waals surface area (Å²) in [6.07, 6.45) is 10.5. The molecule has 8 heteroatoms. The Balaban J connectivity index is 0.00000193. The van der Waals surface area contributed by atoms with Crippen molar-refractivity contribution in [3.05, 3.63) is 120 Å². The first-order chi connectivity index (χ1) is 23.2. The van der Waals surface area contributed by atoms with Crippen molar-refractivity contribution in [1.29, 1.82) is 0 Å². The minimum atomic E-state index is -0.504. The lowest BCUT2D eigenvalue weighted by Gasteiger charge is -2.27. The fraction of sp³-hybridized carbons (Fsp3) is 0.325. The zero-order chi connectivity index (χ0) is 35.5. The Kier molecular flexibility index (Phi) is 17.0. The van der Waals surface area contributed by atoms with E-state index in [9.17, 15) is 14.4 Å². The molecule has 3 aromatic carbocycles. The summed E-state index contributed by atoms with van der Waals surface area (Å²) < 4.78 is 0. The molecule has 0 aliphatic carbocycles. The number of carbonyl (C=O) groups is 3. The van der Waals surface area contributed by atoms with Gasteiger partial charge < -0.3 is 20.9 Å². The van der Waals surface area contributed by atoms with Gasteiger partial charge in [0, 0.05) is 52.6 Å². The molecule has 0 saturated carbocycles. The van der Waals surface area contributed by atoms with E-state index in [2.05, 4.69) is 59.2 Å². The molecule has 3 amide bonds. The topological polar surface area (TPSA) is 90.5 Å². The van der Waals surface area contributed by atoms with Crippen molar-refractivity contribution in [2.75, 3.05) is 34.9 Å². The van der Waals surface area contributed by atoms with Crippen molar-refractivity contribution in [3.8, 4) is 0 Å². The Labute approximate surface area is 292 Å². The molecule has 4 rings (SSSR count). The fourth-order valence-electron chi connectivity index (χ4n) is 5.11. The van der Waals surface area contributed by atoms with Crippen LogP contribution in [0, 0.1) is 0 Å². The van der Waals surface area contributed by atoms with E-state index in [-0.39, 0.29) is 16.9 Å². The number of fused-ring (bicyclic) bond motifs is 1. The molecule has 1 aliphatic rings. The third-order valence-corrected chi connectivity index (χ3v) is 8.21. The molecule has 3 aromatic rings. The molecule has 0 bridgehead atoms. The van der Waals surface area contributed by atoms with Crippen LogP contribution in [-0.2, 0) is 19.8 Å². The predicted octanol–water partition coefficient (Wildman–Crippen LogP) is 9.12. The number of anilines is 3. The number of hydrogen-bond acceptors (Lipinski definition) is 5. The standard InChI is InChI=1S/C36H40N4O3S.2C2H6/c1-5-33(41)37-23-14-24-40-31-22-21-28(44-4)25-30(31)36(2,3)32(40)20-13-12-19-29(34(42)38-26-15-8-6-9-16-26)35(43)39-27-17-10-7-11-18-27;2*1-2/h6-13,15-22,25H,5,14,23-24H2,1-4H3,(H,37,41)(H,38,42)(H,39,43);2*1-2H3/b13-12+,32-20+;;. The molecular weight excluding hydrogens is 617 g/mol. The van der Waals surface area contributed by atoms with Crippen LogP contribution in [0.4, 0.5) is 17.1 Å². The number of benzene rings is 3. The summed E-state index contributed by atoms with van der Waals surface area (Å²) in [6.45, 7) is 15.6. The molecule has 0 radical (unpaired) electrons. The summed E-state index contributed by atoms with van der Waals surface area (Å²) in [5.74, 6) is -0.961. The monoisotopic (exact) mass is 668 g/mol. The number of rotatable bonds is 12. The molecule has 48 heavy (non-hydrogen) atoms. The number of hydrogen-bond donors (Lipinski definition) is 3. The zero-order valence-electron chi connectivity index (χ0n) is 29.7. The third kappa shape index (κ3) is 11.0. The maximum absolute atomic E-state index is 13.2. The first-order valence-corrected chi connectivity index (χ1v) is 18.0. The van der Waals surface area contributed by atoms with Gasteiger partial charge in [-0.15, -0.1) is 11.8 Å². The van der Waals surface area contributed by atoms with Crippen molar-refractivity contribution >= 4 is 46.5 Å². The van der Waals surface area contributed by atoms with Crippen LogP contribution in [0.1, 0.15) is 66.9 Å². The SMILES string of the molecule is CC.CC.CCC(=O)NCCCN1/C(=C/C=C/C=C(C(=O)Nc2ccccc2)C(=O)Nc2ccccc2)C(C)(C)c2cc(SC)ccc21. The Morgan fingerprint density at radius 3 is 1.90 bits per heavy atom. The molecule has 0 saturated heterocycles. The summed E-state index contributed by atoms with van der Waals surface area (Å²) in [4.78, 5) is 41.8. The Morgan fingerprint density at radius 1 is 0.812 bits per heavy atom. The molecule has 3 N–H and O–H groups in total. The van der Waals surface area contributed by atoms with Crippen LogP contribution in [0.15, 0.2) is 119 Å². The van der Waals surface area contributed by atoms with E-state index in [1.807, 2.05) is 83.2 Å². The van der Waals surface area contributed by atoms with Crippen molar-refractivity contribution in [2.24, 2.45) is 0 Å². The van der Waals surface area contributed by atoms with Crippen LogP contribution in [0.3, 0.4) is 0 Å². The van der Waals surface area contributed by atoms with Crippen LogP contribution >= 0.6 is 11.8 Å². The number of nitrogens with zero attached hydrogens (tertiary/aromatic N) is 1. The maximum atomic E-state index is 13.2. The van der Waals surface area contributed by atoms with Crippen LogP contribution in [0.25, 0.3) is 0 Å². The smallest absolute Gasteiger partial charge is 0.261 e. The first kappa shape index (κ1) is 39.6. The third-order valence-electron chi connectivity index (χ3n) is 7.48. The van der Waals surface area contributed by atoms with Gasteiger partial charge >= 0.3 is 0 Å². The number of nitrogens with one attached hydrogen (secondary N) is 3. The highest BCUT2D eigenvalue weighted by Crippen LogP contribution is 2.48. The van der Waals surface area contributed by atoms with Gasteiger partial charge in [-0.05, 0) is 72.9 Å². The van der Waals surface area contributed by atoms with Crippen molar-refractivity contribution < 1.29 is 14.4 Å². The van der Waals surface area contributed by atoms with Crippen molar-refractivity contribution in [1.82, 2.24) is 5.32 Å². The van der Waals surface area contributed by atoms with Gasteiger partial charge in [-0.25, -0.2) is 0 Å². The Hall–Kier alpha value is -4.56. The second-order valence-electron chi connectivity index (χ2n) is 10.9. The number of amides is 3. The number of thioether (sulfide) groups is 1. The molecule has 1 heterocycles. The normalized spacial score (nSPS) is 13.3. The largest absolute Gasteiger partial charge is 0.356 e. The molecule has 0 spiro atoms. The lowest BCUT2D eigenvalue weighted by molar-refractivity contribution is -0.121. The summed E-state index contributed by atoms with van der Waals surface area (Å²) in [7, 11) is 0.